The molecule has 1 heterocycles. The monoisotopic (exact) mass is 472 g/mol. The number of rotatable bonds is 8. The minimum Gasteiger partial charge on any atom is -0.465 e. The molecule has 2 aromatic carbocycles. The Balaban J connectivity index is 1.93. The normalized spacial score (nSPS) is 12.1. The van der Waals surface area contributed by atoms with E-state index >= 15 is 0 Å². The van der Waals surface area contributed by atoms with Gasteiger partial charge >= 0.3 is 5.97 Å². The lowest BCUT2D eigenvalue weighted by molar-refractivity contribution is 0.0600. The van der Waals surface area contributed by atoms with Gasteiger partial charge < -0.3 is 24.9 Å². The van der Waals surface area contributed by atoms with Gasteiger partial charge in [-0.05, 0) is 61.5 Å². The summed E-state index contributed by atoms with van der Waals surface area (Å²) in [5.41, 5.74) is 1.63. The van der Waals surface area contributed by atoms with Crippen LogP contribution in [0.5, 0.6) is 11.5 Å². The Kier molecular flexibility index (Phi) is 7.19. The van der Waals surface area contributed by atoms with Crippen LogP contribution in [-0.4, -0.2) is 56.4 Å². The van der Waals surface area contributed by atoms with Crippen LogP contribution in [0.15, 0.2) is 59.5 Å². The van der Waals surface area contributed by atoms with Gasteiger partial charge in [-0.3, -0.25) is 4.79 Å². The van der Waals surface area contributed by atoms with Gasteiger partial charge in [0.05, 0.1) is 24.2 Å². The Morgan fingerprint density at radius 3 is 2.36 bits per heavy atom. The van der Waals surface area contributed by atoms with E-state index in [4.69, 9.17) is 14.6 Å². The number of amides is 1. The Bertz CT molecular complexity index is 1260. The van der Waals surface area contributed by atoms with E-state index in [1.54, 1.807) is 31.2 Å². The van der Waals surface area contributed by atoms with Gasteiger partial charge in [0.1, 0.15) is 17.2 Å². The van der Waals surface area contributed by atoms with Crippen molar-refractivity contribution in [3.8, 4) is 22.8 Å². The molecule has 0 aliphatic carbocycles. The summed E-state index contributed by atoms with van der Waals surface area (Å²) < 4.78 is 34.0. The number of aromatic nitrogens is 1. The van der Waals surface area contributed by atoms with Crippen molar-refractivity contribution in [1.82, 2.24) is 10.3 Å². The molecule has 0 fully saturated rings. The molecule has 0 spiro atoms. The Labute approximate surface area is 191 Å². The number of ether oxygens (including phenoxy) is 2. The molecule has 0 aliphatic rings. The van der Waals surface area contributed by atoms with E-state index in [1.807, 2.05) is 0 Å². The van der Waals surface area contributed by atoms with Crippen LogP contribution in [0.2, 0.25) is 0 Å². The maximum absolute atomic E-state index is 12.3. The molecule has 1 atom stereocenters. The average molecular weight is 473 g/mol. The topological polar surface area (TPSA) is 135 Å². The lowest BCUT2D eigenvalue weighted by atomic mass is 10.1. The standard InChI is InChI=1S/C23H24N2O7S/c1-14(13-26)24-22(27)21-9-8-20(25-21)15-10-16(23(28)31-2)12-18(11-15)32-17-4-6-19(7-5-17)33(3,29)30/h4-12,14,25-26H,13H2,1-3H3,(H,24,27)/t14-/m1/s1. The van der Waals surface area contributed by atoms with Crippen LogP contribution >= 0.6 is 0 Å². The molecule has 174 valence electrons. The van der Waals surface area contributed by atoms with E-state index in [0.29, 0.717) is 22.8 Å². The zero-order valence-electron chi connectivity index (χ0n) is 18.3. The molecule has 0 saturated carbocycles. The number of carbonyl (C=O) groups excluding carboxylic acids is 2. The van der Waals surface area contributed by atoms with E-state index in [0.717, 1.165) is 6.26 Å². The highest BCUT2D eigenvalue weighted by molar-refractivity contribution is 7.90. The van der Waals surface area contributed by atoms with Gasteiger partial charge in [0, 0.05) is 23.6 Å². The van der Waals surface area contributed by atoms with Crippen LogP contribution < -0.4 is 10.1 Å². The summed E-state index contributed by atoms with van der Waals surface area (Å²) >= 11 is 0. The van der Waals surface area contributed by atoms with Crippen LogP contribution in [0, 0.1) is 0 Å². The van der Waals surface area contributed by atoms with Gasteiger partial charge in [0.15, 0.2) is 9.84 Å². The second-order valence-electron chi connectivity index (χ2n) is 7.43. The van der Waals surface area contributed by atoms with E-state index < -0.39 is 21.8 Å². The summed E-state index contributed by atoms with van der Waals surface area (Å²) in [5, 5.41) is 11.8. The van der Waals surface area contributed by atoms with Gasteiger partial charge in [-0.25, -0.2) is 13.2 Å². The van der Waals surface area contributed by atoms with Crippen LogP contribution in [0.25, 0.3) is 11.3 Å². The summed E-state index contributed by atoms with van der Waals surface area (Å²) in [7, 11) is -2.08. The Hall–Kier alpha value is -3.63. The van der Waals surface area contributed by atoms with Gasteiger partial charge in [0.2, 0.25) is 0 Å². The zero-order valence-corrected chi connectivity index (χ0v) is 19.1. The molecule has 0 bridgehead atoms. The quantitative estimate of drug-likeness (QED) is 0.429. The number of aliphatic hydroxyl groups is 1. The van der Waals surface area contributed by atoms with Crippen molar-refractivity contribution in [3.05, 3.63) is 65.9 Å². The van der Waals surface area contributed by atoms with Crippen molar-refractivity contribution in [2.24, 2.45) is 0 Å². The third-order valence-corrected chi connectivity index (χ3v) is 5.84. The molecule has 0 saturated heterocycles. The molecule has 33 heavy (non-hydrogen) atoms. The van der Waals surface area contributed by atoms with Crippen LogP contribution in [0.4, 0.5) is 0 Å². The molecule has 0 radical (unpaired) electrons. The molecular weight excluding hydrogens is 448 g/mol. The van der Waals surface area contributed by atoms with Crippen molar-refractivity contribution in [3.63, 3.8) is 0 Å². The lowest BCUT2D eigenvalue weighted by Crippen LogP contribution is -2.35. The molecule has 1 amide bonds. The lowest BCUT2D eigenvalue weighted by Gasteiger charge is -2.11. The van der Waals surface area contributed by atoms with Crippen molar-refractivity contribution >= 4 is 21.7 Å². The minimum atomic E-state index is -3.34. The molecule has 10 heteroatoms. The maximum atomic E-state index is 12.3. The van der Waals surface area contributed by atoms with Crippen molar-refractivity contribution in [2.45, 2.75) is 17.9 Å². The number of hydrogen-bond acceptors (Lipinski definition) is 7. The molecular formula is C23H24N2O7S. The first-order valence-electron chi connectivity index (χ1n) is 9.93. The van der Waals surface area contributed by atoms with Crippen molar-refractivity contribution in [2.75, 3.05) is 20.0 Å². The fourth-order valence-corrected chi connectivity index (χ4v) is 3.61. The number of H-pyrrole nitrogens is 1. The number of sulfone groups is 1. The van der Waals surface area contributed by atoms with Crippen molar-refractivity contribution < 1.29 is 32.6 Å². The average Bonchev–Trinajstić information content (AvgIpc) is 3.28. The van der Waals surface area contributed by atoms with Crippen LogP contribution in [-0.2, 0) is 14.6 Å². The number of carbonyl (C=O) groups is 2. The predicted octanol–water partition coefficient (Wildman–Crippen LogP) is 2.77. The number of methoxy groups -OCH3 is 1. The number of aromatic amines is 1. The van der Waals surface area contributed by atoms with E-state index in [-0.39, 0.29) is 28.7 Å². The van der Waals surface area contributed by atoms with E-state index in [2.05, 4.69) is 10.3 Å². The molecule has 1 aromatic heterocycles. The number of hydrogen-bond donors (Lipinski definition) is 3. The highest BCUT2D eigenvalue weighted by Gasteiger charge is 2.15. The summed E-state index contributed by atoms with van der Waals surface area (Å²) in [6.07, 6.45) is 1.12. The highest BCUT2D eigenvalue weighted by Crippen LogP contribution is 2.30. The second-order valence-corrected chi connectivity index (χ2v) is 9.44. The maximum Gasteiger partial charge on any atom is 0.338 e. The molecule has 3 aromatic rings. The summed E-state index contributed by atoms with van der Waals surface area (Å²) in [4.78, 5) is 27.6. The Morgan fingerprint density at radius 2 is 1.76 bits per heavy atom. The molecule has 3 rings (SSSR count). The second kappa shape index (κ2) is 9.88. The van der Waals surface area contributed by atoms with Crippen LogP contribution in [0.1, 0.15) is 27.8 Å². The number of aliphatic hydroxyl groups excluding tert-OH is 1. The summed E-state index contributed by atoms with van der Waals surface area (Å²) in [6.45, 7) is 1.49. The fraction of sp³-hybridized carbons (Fsp3) is 0.217. The van der Waals surface area contributed by atoms with Gasteiger partial charge in [-0.1, -0.05) is 0 Å². The van der Waals surface area contributed by atoms with E-state index in [1.165, 1.54) is 37.4 Å². The van der Waals surface area contributed by atoms with Gasteiger partial charge in [-0.15, -0.1) is 0 Å². The molecule has 3 N–H and O–H groups in total. The largest absolute Gasteiger partial charge is 0.465 e. The molecule has 0 unspecified atom stereocenters. The van der Waals surface area contributed by atoms with Crippen LogP contribution in [0.3, 0.4) is 0 Å². The third kappa shape index (κ3) is 5.99. The highest BCUT2D eigenvalue weighted by atomic mass is 32.2. The van der Waals surface area contributed by atoms with Crippen molar-refractivity contribution in [1.29, 1.82) is 0 Å². The first-order valence-corrected chi connectivity index (χ1v) is 11.8. The fourth-order valence-electron chi connectivity index (χ4n) is 2.98. The zero-order chi connectivity index (χ0) is 24.2. The first-order chi connectivity index (χ1) is 15.6. The SMILES string of the molecule is COC(=O)c1cc(Oc2ccc(S(C)(=O)=O)cc2)cc(-c2ccc(C(=O)N[C@H](C)CO)[nH]2)c1. The Morgan fingerprint density at radius 1 is 1.06 bits per heavy atom. The number of benzene rings is 2. The first kappa shape index (κ1) is 24.0. The summed E-state index contributed by atoms with van der Waals surface area (Å²) in [5.74, 6) is -0.265. The van der Waals surface area contributed by atoms with Gasteiger partial charge in [-0.2, -0.15) is 0 Å². The number of nitrogens with one attached hydrogen (secondary N) is 2. The molecule has 9 nitrogen and oxygen atoms in total. The third-order valence-electron chi connectivity index (χ3n) is 4.71. The van der Waals surface area contributed by atoms with Gasteiger partial charge in [0.25, 0.3) is 5.91 Å². The van der Waals surface area contributed by atoms with E-state index in [9.17, 15) is 18.0 Å². The summed E-state index contributed by atoms with van der Waals surface area (Å²) in [6, 6.07) is 13.5. The minimum absolute atomic E-state index is 0.159. The molecule has 0 aliphatic heterocycles. The predicted molar refractivity (Wildman–Crippen MR) is 121 cm³/mol. The number of esters is 1. The smallest absolute Gasteiger partial charge is 0.338 e.